The van der Waals surface area contributed by atoms with Gasteiger partial charge in [0, 0.05) is 5.54 Å². The predicted octanol–water partition coefficient (Wildman–Crippen LogP) is 2.96. The van der Waals surface area contributed by atoms with Gasteiger partial charge in [0.25, 0.3) is 0 Å². The van der Waals surface area contributed by atoms with E-state index in [1.807, 2.05) is 13.1 Å². The van der Waals surface area contributed by atoms with Gasteiger partial charge in [0.1, 0.15) is 5.82 Å². The second kappa shape index (κ2) is 5.37. The first kappa shape index (κ1) is 13.5. The fraction of sp³-hybridized carbons (Fsp3) is 0.600. The predicted molar refractivity (Wildman–Crippen MR) is 73.1 cm³/mol. The molecule has 0 heterocycles. The summed E-state index contributed by atoms with van der Waals surface area (Å²) < 4.78 is 13.4. The average molecular weight is 250 g/mol. The molecule has 0 spiro atoms. The monoisotopic (exact) mass is 250 g/mol. The fourth-order valence-electron chi connectivity index (χ4n) is 3.41. The van der Waals surface area contributed by atoms with Gasteiger partial charge in [0.05, 0.1) is 6.04 Å². The summed E-state index contributed by atoms with van der Waals surface area (Å²) in [6.07, 6.45) is 4.85. The molecule has 1 aliphatic carbocycles. The Bertz CT molecular complexity index is 397. The molecule has 1 fully saturated rings. The molecule has 18 heavy (non-hydrogen) atoms. The largest absolute Gasteiger partial charge is 0.311 e. The molecule has 1 atom stereocenters. The Hall–Kier alpha value is -0.930. The van der Waals surface area contributed by atoms with E-state index in [0.717, 1.165) is 5.56 Å². The van der Waals surface area contributed by atoms with Gasteiger partial charge >= 0.3 is 0 Å². The summed E-state index contributed by atoms with van der Waals surface area (Å²) >= 11 is 0. The molecule has 100 valence electrons. The van der Waals surface area contributed by atoms with Crippen LogP contribution in [0.3, 0.4) is 0 Å². The van der Waals surface area contributed by atoms with E-state index in [1.54, 1.807) is 12.1 Å². The molecule has 2 rings (SSSR count). The Balaban J connectivity index is 2.37. The SMILES string of the molecule is CNC(c1cccc(F)c1)C1(N(C)C)CCCC1. The molecular formula is C15H23FN2. The molecular weight excluding hydrogens is 227 g/mol. The van der Waals surface area contributed by atoms with Gasteiger partial charge in [-0.05, 0) is 51.7 Å². The van der Waals surface area contributed by atoms with E-state index in [9.17, 15) is 4.39 Å². The number of halogens is 1. The second-order valence-corrected chi connectivity index (χ2v) is 5.48. The van der Waals surface area contributed by atoms with Crippen LogP contribution in [0.4, 0.5) is 4.39 Å². The standard InChI is InChI=1S/C15H23FN2/c1-17-14(12-7-6-8-13(16)11-12)15(18(2)3)9-4-5-10-15/h6-8,11,14,17H,4-5,9-10H2,1-3H3. The quantitative estimate of drug-likeness (QED) is 0.884. The van der Waals surface area contributed by atoms with Crippen molar-refractivity contribution in [2.45, 2.75) is 37.3 Å². The lowest BCUT2D eigenvalue weighted by Crippen LogP contribution is -2.51. The summed E-state index contributed by atoms with van der Waals surface area (Å²) in [5.41, 5.74) is 1.16. The lowest BCUT2D eigenvalue weighted by Gasteiger charge is -2.43. The normalized spacial score (nSPS) is 20.3. The molecule has 0 radical (unpaired) electrons. The number of hydrogen-bond acceptors (Lipinski definition) is 2. The topological polar surface area (TPSA) is 15.3 Å². The minimum absolute atomic E-state index is 0.114. The van der Waals surface area contributed by atoms with E-state index >= 15 is 0 Å². The van der Waals surface area contributed by atoms with E-state index in [-0.39, 0.29) is 17.4 Å². The molecule has 0 aliphatic heterocycles. The van der Waals surface area contributed by atoms with Crippen LogP contribution >= 0.6 is 0 Å². The van der Waals surface area contributed by atoms with Crippen molar-refractivity contribution in [1.82, 2.24) is 10.2 Å². The first-order valence-electron chi connectivity index (χ1n) is 6.70. The molecule has 1 aliphatic rings. The molecule has 1 unspecified atom stereocenters. The van der Waals surface area contributed by atoms with Gasteiger partial charge in [-0.25, -0.2) is 4.39 Å². The van der Waals surface area contributed by atoms with Gasteiger partial charge in [-0.3, -0.25) is 0 Å². The Morgan fingerprint density at radius 2 is 1.94 bits per heavy atom. The van der Waals surface area contributed by atoms with Gasteiger partial charge in [0.2, 0.25) is 0 Å². The highest BCUT2D eigenvalue weighted by molar-refractivity contribution is 5.25. The zero-order valence-corrected chi connectivity index (χ0v) is 11.5. The first-order valence-corrected chi connectivity index (χ1v) is 6.70. The summed E-state index contributed by atoms with van der Waals surface area (Å²) in [5, 5.41) is 3.40. The lowest BCUT2D eigenvalue weighted by molar-refractivity contribution is 0.108. The third kappa shape index (κ3) is 2.29. The van der Waals surface area contributed by atoms with E-state index in [4.69, 9.17) is 0 Å². The molecule has 0 amide bonds. The van der Waals surface area contributed by atoms with Gasteiger partial charge in [-0.15, -0.1) is 0 Å². The smallest absolute Gasteiger partial charge is 0.123 e. The maximum absolute atomic E-state index is 13.4. The van der Waals surface area contributed by atoms with Crippen LogP contribution < -0.4 is 5.32 Å². The molecule has 3 heteroatoms. The van der Waals surface area contributed by atoms with E-state index in [0.29, 0.717) is 0 Å². The van der Waals surface area contributed by atoms with Crippen molar-refractivity contribution in [3.63, 3.8) is 0 Å². The molecule has 0 aromatic heterocycles. The van der Waals surface area contributed by atoms with Crippen LogP contribution in [-0.4, -0.2) is 31.6 Å². The Labute approximate surface area is 109 Å². The van der Waals surface area contributed by atoms with Crippen LogP contribution in [0.25, 0.3) is 0 Å². The zero-order chi connectivity index (χ0) is 13.2. The number of benzene rings is 1. The van der Waals surface area contributed by atoms with Crippen LogP contribution in [0.5, 0.6) is 0 Å². The summed E-state index contributed by atoms with van der Waals surface area (Å²) in [7, 11) is 6.24. The zero-order valence-electron chi connectivity index (χ0n) is 11.5. The van der Waals surface area contributed by atoms with Gasteiger partial charge in [0.15, 0.2) is 0 Å². The molecule has 1 aromatic carbocycles. The lowest BCUT2D eigenvalue weighted by atomic mass is 9.82. The van der Waals surface area contributed by atoms with Crippen LogP contribution in [0, 0.1) is 5.82 Å². The molecule has 0 bridgehead atoms. The Morgan fingerprint density at radius 1 is 1.28 bits per heavy atom. The minimum atomic E-state index is -0.153. The molecule has 1 saturated carbocycles. The maximum Gasteiger partial charge on any atom is 0.123 e. The fourth-order valence-corrected chi connectivity index (χ4v) is 3.41. The van der Waals surface area contributed by atoms with E-state index < -0.39 is 0 Å². The highest BCUT2D eigenvalue weighted by Gasteiger charge is 2.43. The maximum atomic E-state index is 13.4. The number of nitrogens with zero attached hydrogens (tertiary/aromatic N) is 1. The van der Waals surface area contributed by atoms with E-state index in [2.05, 4.69) is 24.3 Å². The second-order valence-electron chi connectivity index (χ2n) is 5.48. The summed E-state index contributed by atoms with van der Waals surface area (Å²) in [5.74, 6) is -0.153. The van der Waals surface area contributed by atoms with Crippen molar-refractivity contribution in [3.05, 3.63) is 35.6 Å². The number of rotatable bonds is 4. The van der Waals surface area contributed by atoms with Crippen molar-refractivity contribution in [2.24, 2.45) is 0 Å². The van der Waals surface area contributed by atoms with Gasteiger partial charge < -0.3 is 10.2 Å². The van der Waals surface area contributed by atoms with Crippen molar-refractivity contribution in [1.29, 1.82) is 0 Å². The van der Waals surface area contributed by atoms with Crippen LogP contribution in [-0.2, 0) is 0 Å². The van der Waals surface area contributed by atoms with Crippen LogP contribution in [0.15, 0.2) is 24.3 Å². The highest BCUT2D eigenvalue weighted by atomic mass is 19.1. The third-order valence-electron chi connectivity index (χ3n) is 4.37. The van der Waals surface area contributed by atoms with Crippen molar-refractivity contribution < 1.29 is 4.39 Å². The van der Waals surface area contributed by atoms with Crippen molar-refractivity contribution in [2.75, 3.05) is 21.1 Å². The molecule has 2 nitrogen and oxygen atoms in total. The molecule has 1 aromatic rings. The summed E-state index contributed by atoms with van der Waals surface area (Å²) in [6, 6.07) is 7.17. The van der Waals surface area contributed by atoms with Gasteiger partial charge in [-0.2, -0.15) is 0 Å². The van der Waals surface area contributed by atoms with Crippen molar-refractivity contribution >= 4 is 0 Å². The molecule has 1 N–H and O–H groups in total. The highest BCUT2D eigenvalue weighted by Crippen LogP contribution is 2.43. The molecule has 0 saturated heterocycles. The Morgan fingerprint density at radius 3 is 2.44 bits per heavy atom. The number of hydrogen-bond donors (Lipinski definition) is 1. The van der Waals surface area contributed by atoms with Gasteiger partial charge in [-0.1, -0.05) is 25.0 Å². The van der Waals surface area contributed by atoms with Crippen molar-refractivity contribution in [3.8, 4) is 0 Å². The number of likely N-dealkylation sites (N-methyl/N-ethyl adjacent to an activating group) is 2. The first-order chi connectivity index (χ1) is 8.60. The summed E-state index contributed by atoms with van der Waals surface area (Å²) in [6.45, 7) is 0. The van der Waals surface area contributed by atoms with Crippen LogP contribution in [0.2, 0.25) is 0 Å². The minimum Gasteiger partial charge on any atom is -0.311 e. The number of nitrogens with one attached hydrogen (secondary N) is 1. The third-order valence-corrected chi connectivity index (χ3v) is 4.37. The van der Waals surface area contributed by atoms with Crippen LogP contribution in [0.1, 0.15) is 37.3 Å². The summed E-state index contributed by atoms with van der Waals surface area (Å²) in [4.78, 5) is 2.31. The Kier molecular flexibility index (Phi) is 4.03. The van der Waals surface area contributed by atoms with E-state index in [1.165, 1.54) is 31.7 Å². The average Bonchev–Trinajstić information content (AvgIpc) is 2.81.